The lowest BCUT2D eigenvalue weighted by Crippen LogP contribution is -2.28. The zero-order valence-electron chi connectivity index (χ0n) is 16.0. The Hall–Kier alpha value is -2.24. The lowest BCUT2D eigenvalue weighted by molar-refractivity contribution is -0.137. The largest absolute Gasteiger partial charge is 0.416 e. The van der Waals surface area contributed by atoms with Gasteiger partial charge in [-0.2, -0.15) is 17.5 Å². The average Bonchev–Trinajstić information content (AvgIpc) is 3.22. The number of rotatable bonds is 6. The summed E-state index contributed by atoms with van der Waals surface area (Å²) >= 11 is 0. The van der Waals surface area contributed by atoms with Crippen LogP contribution in [0.3, 0.4) is 0 Å². The number of nitrogens with one attached hydrogen (secondary N) is 2. The first-order valence-electron chi connectivity index (χ1n) is 9.04. The molecule has 11 heteroatoms. The number of benzene rings is 1. The van der Waals surface area contributed by atoms with Gasteiger partial charge in [0.25, 0.3) is 0 Å². The first-order valence-corrected chi connectivity index (χ1v) is 10.5. The Morgan fingerprint density at radius 3 is 2.66 bits per heavy atom. The van der Waals surface area contributed by atoms with Crippen LogP contribution in [-0.4, -0.2) is 43.3 Å². The van der Waals surface area contributed by atoms with Crippen LogP contribution in [0, 0.1) is 0 Å². The highest BCUT2D eigenvalue weighted by Gasteiger charge is 2.32. The second-order valence-corrected chi connectivity index (χ2v) is 8.83. The molecule has 0 radical (unpaired) electrons. The summed E-state index contributed by atoms with van der Waals surface area (Å²) in [5.41, 5.74) is -0.563. The summed E-state index contributed by atoms with van der Waals surface area (Å²) in [5, 5.41) is 6.22. The Morgan fingerprint density at radius 2 is 2.03 bits per heavy atom. The molecule has 0 unspecified atom stereocenters. The zero-order chi connectivity index (χ0) is 21.2. The summed E-state index contributed by atoms with van der Waals surface area (Å²) in [6.07, 6.45) is -2.75. The number of anilines is 1. The molecule has 2 N–H and O–H groups in total. The molecule has 1 atom stereocenters. The summed E-state index contributed by atoms with van der Waals surface area (Å²) in [6, 6.07) is 5.32. The molecular weight excluding hydrogens is 407 g/mol. The van der Waals surface area contributed by atoms with Crippen molar-refractivity contribution in [3.63, 3.8) is 0 Å². The molecule has 0 saturated carbocycles. The number of alkyl halides is 3. The molecule has 0 spiro atoms. The van der Waals surface area contributed by atoms with Gasteiger partial charge in [-0.25, -0.2) is 18.4 Å². The van der Waals surface area contributed by atoms with Gasteiger partial charge in [-0.15, -0.1) is 0 Å². The number of halogens is 3. The van der Waals surface area contributed by atoms with Crippen molar-refractivity contribution in [1.82, 2.24) is 19.6 Å². The van der Waals surface area contributed by atoms with Gasteiger partial charge in [0.1, 0.15) is 11.6 Å². The Labute approximate surface area is 167 Å². The van der Waals surface area contributed by atoms with E-state index in [2.05, 4.69) is 20.6 Å². The van der Waals surface area contributed by atoms with E-state index in [4.69, 9.17) is 0 Å². The number of sulfonamides is 1. The second-order valence-electron chi connectivity index (χ2n) is 6.79. The van der Waals surface area contributed by atoms with Crippen LogP contribution in [-0.2, 0) is 22.7 Å². The lowest BCUT2D eigenvalue weighted by Gasteiger charge is -2.19. The molecule has 0 amide bonds. The maximum absolute atomic E-state index is 12.9. The van der Waals surface area contributed by atoms with Gasteiger partial charge in [-0.1, -0.05) is 6.07 Å². The van der Waals surface area contributed by atoms with Gasteiger partial charge in [0, 0.05) is 20.2 Å². The van der Waals surface area contributed by atoms with Crippen LogP contribution in [0.5, 0.6) is 0 Å². The zero-order valence-corrected chi connectivity index (χ0v) is 16.8. The molecule has 7 nitrogen and oxygen atoms in total. The maximum atomic E-state index is 12.9. The van der Waals surface area contributed by atoms with Crippen LogP contribution in [0.25, 0.3) is 0 Å². The highest BCUT2D eigenvalue weighted by Crippen LogP contribution is 2.31. The Balaban J connectivity index is 1.87. The van der Waals surface area contributed by atoms with Crippen LogP contribution in [0.1, 0.15) is 36.0 Å². The topological polar surface area (TPSA) is 87.2 Å². The van der Waals surface area contributed by atoms with E-state index in [-0.39, 0.29) is 12.6 Å². The Morgan fingerprint density at radius 1 is 1.28 bits per heavy atom. The SMILES string of the molecule is CNc1cc(CN(C)S(=O)(=O)c2cccc(C(F)(F)F)c2)nc([C@@H]2CCCN2)n1. The van der Waals surface area contributed by atoms with E-state index in [1.165, 1.54) is 7.05 Å². The number of hydrogen-bond acceptors (Lipinski definition) is 6. The van der Waals surface area contributed by atoms with E-state index < -0.39 is 26.7 Å². The number of aromatic nitrogens is 2. The number of hydrogen-bond donors (Lipinski definition) is 2. The fourth-order valence-corrected chi connectivity index (χ4v) is 4.30. The van der Waals surface area contributed by atoms with Crippen molar-refractivity contribution in [3.8, 4) is 0 Å². The monoisotopic (exact) mass is 429 g/mol. The predicted molar refractivity (Wildman–Crippen MR) is 102 cm³/mol. The third kappa shape index (κ3) is 4.85. The van der Waals surface area contributed by atoms with Crippen LogP contribution < -0.4 is 10.6 Å². The molecule has 1 aliphatic rings. The van der Waals surface area contributed by atoms with Crippen molar-refractivity contribution in [2.45, 2.75) is 36.5 Å². The second kappa shape index (κ2) is 8.25. The number of nitrogens with zero attached hydrogens (tertiary/aromatic N) is 3. The molecule has 2 heterocycles. The van der Waals surface area contributed by atoms with Gasteiger partial charge in [0.05, 0.1) is 28.7 Å². The van der Waals surface area contributed by atoms with E-state index in [1.54, 1.807) is 13.1 Å². The molecular formula is C18H22F3N5O2S. The summed E-state index contributed by atoms with van der Waals surface area (Å²) in [6.45, 7) is 0.756. The van der Waals surface area contributed by atoms with Gasteiger partial charge in [0.2, 0.25) is 10.0 Å². The summed E-state index contributed by atoms with van der Waals surface area (Å²) in [5.74, 6) is 1.11. The lowest BCUT2D eigenvalue weighted by atomic mass is 10.2. The molecule has 1 aromatic heterocycles. The summed E-state index contributed by atoms with van der Waals surface area (Å²) < 4.78 is 65.4. The van der Waals surface area contributed by atoms with E-state index in [0.29, 0.717) is 23.4 Å². The van der Waals surface area contributed by atoms with Crippen molar-refractivity contribution >= 4 is 15.8 Å². The highest BCUT2D eigenvalue weighted by molar-refractivity contribution is 7.89. The van der Waals surface area contributed by atoms with E-state index in [1.807, 2.05) is 0 Å². The average molecular weight is 429 g/mol. The highest BCUT2D eigenvalue weighted by atomic mass is 32.2. The van der Waals surface area contributed by atoms with Crippen molar-refractivity contribution in [1.29, 1.82) is 0 Å². The van der Waals surface area contributed by atoms with Crippen molar-refractivity contribution in [3.05, 3.63) is 47.4 Å². The van der Waals surface area contributed by atoms with Crippen LogP contribution >= 0.6 is 0 Å². The smallest absolute Gasteiger partial charge is 0.373 e. The van der Waals surface area contributed by atoms with Gasteiger partial charge >= 0.3 is 6.18 Å². The fourth-order valence-electron chi connectivity index (χ4n) is 3.11. The van der Waals surface area contributed by atoms with E-state index in [0.717, 1.165) is 41.9 Å². The first kappa shape index (κ1) is 21.5. The molecule has 1 aliphatic heterocycles. The van der Waals surface area contributed by atoms with Gasteiger partial charge < -0.3 is 10.6 Å². The molecule has 1 aromatic carbocycles. The van der Waals surface area contributed by atoms with Crippen LogP contribution in [0.4, 0.5) is 19.0 Å². The van der Waals surface area contributed by atoms with Gasteiger partial charge in [0.15, 0.2) is 0 Å². The molecule has 29 heavy (non-hydrogen) atoms. The van der Waals surface area contributed by atoms with E-state index >= 15 is 0 Å². The molecule has 2 aromatic rings. The summed E-state index contributed by atoms with van der Waals surface area (Å²) in [4.78, 5) is 8.47. The Bertz CT molecular complexity index is 976. The predicted octanol–water partition coefficient (Wildman–Crippen LogP) is 2.78. The van der Waals surface area contributed by atoms with Crippen molar-refractivity contribution in [2.75, 3.05) is 26.0 Å². The molecule has 0 aliphatic carbocycles. The van der Waals surface area contributed by atoms with Crippen LogP contribution in [0.2, 0.25) is 0 Å². The third-order valence-corrected chi connectivity index (χ3v) is 6.48. The molecule has 1 fully saturated rings. The minimum Gasteiger partial charge on any atom is -0.373 e. The van der Waals surface area contributed by atoms with Crippen LogP contribution in [0.15, 0.2) is 35.2 Å². The molecule has 0 bridgehead atoms. The minimum absolute atomic E-state index is 0.00701. The molecule has 3 rings (SSSR count). The van der Waals surface area contributed by atoms with Gasteiger partial charge in [-0.05, 0) is 37.6 Å². The first-order chi connectivity index (χ1) is 13.6. The van der Waals surface area contributed by atoms with E-state index in [9.17, 15) is 21.6 Å². The van der Waals surface area contributed by atoms with Crippen molar-refractivity contribution < 1.29 is 21.6 Å². The third-order valence-electron chi connectivity index (χ3n) is 4.68. The quantitative estimate of drug-likeness (QED) is 0.734. The van der Waals surface area contributed by atoms with Crippen molar-refractivity contribution in [2.24, 2.45) is 0 Å². The van der Waals surface area contributed by atoms with Gasteiger partial charge in [-0.3, -0.25) is 0 Å². The summed E-state index contributed by atoms with van der Waals surface area (Å²) in [7, 11) is -1.13. The fraction of sp³-hybridized carbons (Fsp3) is 0.444. The maximum Gasteiger partial charge on any atom is 0.416 e. The molecule has 1 saturated heterocycles. The molecule has 158 valence electrons. The minimum atomic E-state index is -4.62. The standard InChI is InChI=1S/C18H22F3N5O2S/c1-22-16-10-13(24-17(25-16)15-7-4-8-23-15)11-26(2)29(27,28)14-6-3-5-12(9-14)18(19,20)21/h3,5-6,9-10,15,23H,4,7-8,11H2,1-2H3,(H,22,24,25)/t15-/m0/s1. The normalized spacial score (nSPS) is 17.7. The Kier molecular flexibility index (Phi) is 6.11.